The van der Waals surface area contributed by atoms with E-state index in [0.29, 0.717) is 29.3 Å². The zero-order chi connectivity index (χ0) is 13.1. The number of halogens is 2. The molecule has 4 nitrogen and oxygen atoms in total. The van der Waals surface area contributed by atoms with E-state index < -0.39 is 5.82 Å². The summed E-state index contributed by atoms with van der Waals surface area (Å²) >= 11 is 11.1. The van der Waals surface area contributed by atoms with E-state index in [9.17, 15) is 4.39 Å². The van der Waals surface area contributed by atoms with Gasteiger partial charge in [0.25, 0.3) is 0 Å². The standard InChI is InChI=1S/C11H11ClFN3OS/c1-17-6-5-16-10(14-15-11(16)18)7-3-2-4-8(13)9(7)12/h2-4H,5-6H2,1H3,(H,15,18). The van der Waals surface area contributed by atoms with E-state index in [-0.39, 0.29) is 5.02 Å². The van der Waals surface area contributed by atoms with Crippen LogP contribution in [-0.4, -0.2) is 28.5 Å². The molecule has 0 bridgehead atoms. The van der Waals surface area contributed by atoms with Gasteiger partial charge in [0.1, 0.15) is 5.82 Å². The number of H-pyrrole nitrogens is 1. The molecule has 2 aromatic rings. The van der Waals surface area contributed by atoms with Crippen molar-refractivity contribution in [3.63, 3.8) is 0 Å². The molecule has 1 aromatic heterocycles. The molecule has 96 valence electrons. The minimum Gasteiger partial charge on any atom is -0.383 e. The largest absolute Gasteiger partial charge is 0.383 e. The fraction of sp³-hybridized carbons (Fsp3) is 0.273. The smallest absolute Gasteiger partial charge is 0.195 e. The molecule has 0 radical (unpaired) electrons. The molecule has 0 saturated carbocycles. The summed E-state index contributed by atoms with van der Waals surface area (Å²) in [4.78, 5) is 0. The quantitative estimate of drug-likeness (QED) is 0.879. The highest BCUT2D eigenvalue weighted by Crippen LogP contribution is 2.28. The minimum absolute atomic E-state index is 0.0326. The number of methoxy groups -OCH3 is 1. The van der Waals surface area contributed by atoms with Gasteiger partial charge in [-0.3, -0.25) is 9.67 Å². The van der Waals surface area contributed by atoms with E-state index in [2.05, 4.69) is 10.2 Å². The van der Waals surface area contributed by atoms with Crippen LogP contribution in [0.25, 0.3) is 11.4 Å². The van der Waals surface area contributed by atoms with Crippen LogP contribution in [0.4, 0.5) is 4.39 Å². The number of aromatic amines is 1. The third-order valence-electron chi connectivity index (χ3n) is 2.47. The molecule has 0 fully saturated rings. The minimum atomic E-state index is -0.485. The van der Waals surface area contributed by atoms with Crippen molar-refractivity contribution in [2.75, 3.05) is 13.7 Å². The van der Waals surface area contributed by atoms with E-state index in [4.69, 9.17) is 28.6 Å². The van der Waals surface area contributed by atoms with E-state index in [1.165, 1.54) is 6.07 Å². The van der Waals surface area contributed by atoms with E-state index >= 15 is 0 Å². The van der Waals surface area contributed by atoms with Crippen LogP contribution in [0, 0.1) is 10.6 Å². The first-order valence-electron chi connectivity index (χ1n) is 5.23. The zero-order valence-corrected chi connectivity index (χ0v) is 11.2. The highest BCUT2D eigenvalue weighted by molar-refractivity contribution is 7.71. The molecule has 2 rings (SSSR count). The zero-order valence-electron chi connectivity index (χ0n) is 9.61. The van der Waals surface area contributed by atoms with Crippen molar-refractivity contribution < 1.29 is 9.13 Å². The van der Waals surface area contributed by atoms with Crippen LogP contribution in [-0.2, 0) is 11.3 Å². The summed E-state index contributed by atoms with van der Waals surface area (Å²) < 4.78 is 20.6. The third kappa shape index (κ3) is 2.45. The van der Waals surface area contributed by atoms with Gasteiger partial charge in [0, 0.05) is 12.7 Å². The second-order valence-corrected chi connectivity index (χ2v) is 4.36. The van der Waals surface area contributed by atoms with Crippen LogP contribution in [0.3, 0.4) is 0 Å². The summed E-state index contributed by atoms with van der Waals surface area (Å²) in [6.07, 6.45) is 0. The van der Waals surface area contributed by atoms with Crippen molar-refractivity contribution in [1.29, 1.82) is 0 Å². The number of aromatic nitrogens is 3. The van der Waals surface area contributed by atoms with Gasteiger partial charge in [0.05, 0.1) is 18.2 Å². The van der Waals surface area contributed by atoms with Gasteiger partial charge >= 0.3 is 0 Å². The molecule has 0 atom stereocenters. The number of hydrogen-bond donors (Lipinski definition) is 1. The molecule has 0 unspecified atom stereocenters. The SMILES string of the molecule is COCCn1c(-c2cccc(F)c2Cl)n[nH]c1=S. The lowest BCUT2D eigenvalue weighted by molar-refractivity contribution is 0.187. The fourth-order valence-corrected chi connectivity index (χ4v) is 2.02. The lowest BCUT2D eigenvalue weighted by Crippen LogP contribution is -2.06. The predicted octanol–water partition coefficient (Wildman–Crippen LogP) is 3.05. The van der Waals surface area contributed by atoms with Gasteiger partial charge in [-0.1, -0.05) is 17.7 Å². The summed E-state index contributed by atoms with van der Waals surface area (Å²) in [7, 11) is 1.60. The first kappa shape index (κ1) is 13.2. The monoisotopic (exact) mass is 287 g/mol. The normalized spacial score (nSPS) is 10.8. The van der Waals surface area contributed by atoms with Gasteiger partial charge in [-0.25, -0.2) is 4.39 Å². The number of benzene rings is 1. The highest BCUT2D eigenvalue weighted by Gasteiger charge is 2.14. The Labute approximate surface area is 113 Å². The maximum Gasteiger partial charge on any atom is 0.195 e. The molecular formula is C11H11ClFN3OS. The third-order valence-corrected chi connectivity index (χ3v) is 3.17. The summed E-state index contributed by atoms with van der Waals surface area (Å²) in [6, 6.07) is 4.57. The molecular weight excluding hydrogens is 277 g/mol. The van der Waals surface area contributed by atoms with Crippen molar-refractivity contribution in [2.24, 2.45) is 0 Å². The maximum absolute atomic E-state index is 13.4. The Kier molecular flexibility index (Phi) is 4.11. The first-order chi connectivity index (χ1) is 8.65. The number of ether oxygens (including phenoxy) is 1. The van der Waals surface area contributed by atoms with E-state index in [0.717, 1.165) is 0 Å². The topological polar surface area (TPSA) is 42.8 Å². The van der Waals surface area contributed by atoms with Crippen molar-refractivity contribution in [2.45, 2.75) is 6.54 Å². The summed E-state index contributed by atoms with van der Waals surface area (Å²) in [5.74, 6) is 0.0166. The van der Waals surface area contributed by atoms with E-state index in [1.807, 2.05) is 0 Å². The van der Waals surface area contributed by atoms with Crippen LogP contribution >= 0.6 is 23.8 Å². The molecule has 0 aliphatic heterocycles. The van der Waals surface area contributed by atoms with Crippen LogP contribution in [0.15, 0.2) is 18.2 Å². The number of nitrogens with one attached hydrogen (secondary N) is 1. The Morgan fingerprint density at radius 3 is 3.06 bits per heavy atom. The number of hydrogen-bond acceptors (Lipinski definition) is 3. The molecule has 0 saturated heterocycles. The lowest BCUT2D eigenvalue weighted by Gasteiger charge is -2.07. The molecule has 18 heavy (non-hydrogen) atoms. The maximum atomic E-state index is 13.4. The molecule has 1 heterocycles. The molecule has 0 amide bonds. The van der Waals surface area contributed by atoms with Crippen LogP contribution in [0.1, 0.15) is 0 Å². The van der Waals surface area contributed by atoms with Crippen LogP contribution in [0.2, 0.25) is 5.02 Å². The van der Waals surface area contributed by atoms with Crippen molar-refractivity contribution in [1.82, 2.24) is 14.8 Å². The predicted molar refractivity (Wildman–Crippen MR) is 69.7 cm³/mol. The summed E-state index contributed by atoms with van der Waals surface area (Å²) in [6.45, 7) is 1.00. The average molecular weight is 288 g/mol. The fourth-order valence-electron chi connectivity index (χ4n) is 1.59. The van der Waals surface area contributed by atoms with Crippen LogP contribution < -0.4 is 0 Å². The van der Waals surface area contributed by atoms with Gasteiger partial charge in [-0.15, -0.1) is 0 Å². The molecule has 0 aliphatic rings. The Morgan fingerprint density at radius 1 is 1.56 bits per heavy atom. The summed E-state index contributed by atoms with van der Waals surface area (Å²) in [5, 5.41) is 6.78. The Hall–Kier alpha value is -1.24. The van der Waals surface area contributed by atoms with Crippen molar-refractivity contribution in [3.8, 4) is 11.4 Å². The summed E-state index contributed by atoms with van der Waals surface area (Å²) in [5.41, 5.74) is 0.500. The van der Waals surface area contributed by atoms with Crippen molar-refractivity contribution >= 4 is 23.8 Å². The Balaban J connectivity index is 2.51. The molecule has 1 N–H and O–H groups in total. The van der Waals surface area contributed by atoms with Crippen molar-refractivity contribution in [3.05, 3.63) is 33.8 Å². The number of nitrogens with zero attached hydrogens (tertiary/aromatic N) is 2. The van der Waals surface area contributed by atoms with Gasteiger partial charge in [-0.05, 0) is 24.4 Å². The molecule has 7 heteroatoms. The molecule has 1 aromatic carbocycles. The van der Waals surface area contributed by atoms with Crippen LogP contribution in [0.5, 0.6) is 0 Å². The first-order valence-corrected chi connectivity index (χ1v) is 6.02. The second kappa shape index (κ2) is 5.60. The molecule has 0 aliphatic carbocycles. The molecule has 0 spiro atoms. The van der Waals surface area contributed by atoms with Gasteiger partial charge < -0.3 is 4.74 Å². The highest BCUT2D eigenvalue weighted by atomic mass is 35.5. The van der Waals surface area contributed by atoms with Gasteiger partial charge in [0.2, 0.25) is 0 Å². The number of rotatable bonds is 4. The lowest BCUT2D eigenvalue weighted by atomic mass is 10.2. The average Bonchev–Trinajstić information content (AvgIpc) is 2.72. The Morgan fingerprint density at radius 2 is 2.33 bits per heavy atom. The van der Waals surface area contributed by atoms with Gasteiger partial charge in [-0.2, -0.15) is 5.10 Å². The van der Waals surface area contributed by atoms with E-state index in [1.54, 1.807) is 23.8 Å². The Bertz CT molecular complexity index is 611. The second-order valence-electron chi connectivity index (χ2n) is 3.60. The van der Waals surface area contributed by atoms with Gasteiger partial charge in [0.15, 0.2) is 10.6 Å².